The molecule has 0 saturated heterocycles. The lowest BCUT2D eigenvalue weighted by Gasteiger charge is -2.14. The SMILES string of the molecule is FC(F)(F)c1ccccc1-n1nc(-c2cc(Cl)ccc2Cl)c2c1NCC2. The number of alkyl halides is 3. The number of nitrogens with one attached hydrogen (secondary N) is 1. The van der Waals surface area contributed by atoms with Crippen LogP contribution in [0.25, 0.3) is 16.9 Å². The van der Waals surface area contributed by atoms with Crippen molar-refractivity contribution < 1.29 is 13.2 Å². The lowest BCUT2D eigenvalue weighted by molar-refractivity contribution is -0.137. The van der Waals surface area contributed by atoms with Gasteiger partial charge in [0.2, 0.25) is 0 Å². The van der Waals surface area contributed by atoms with Gasteiger partial charge in [-0.3, -0.25) is 0 Å². The molecular formula is C18H12Cl2F3N3. The van der Waals surface area contributed by atoms with Gasteiger partial charge in [-0.25, -0.2) is 4.68 Å². The van der Waals surface area contributed by atoms with Crippen LogP contribution in [0, 0.1) is 0 Å². The van der Waals surface area contributed by atoms with Crippen LogP contribution in [0.5, 0.6) is 0 Å². The number of hydrogen-bond donors (Lipinski definition) is 1. The van der Waals surface area contributed by atoms with Crippen molar-refractivity contribution in [2.45, 2.75) is 12.6 Å². The number of anilines is 1. The fourth-order valence-corrected chi connectivity index (χ4v) is 3.52. The maximum atomic E-state index is 13.4. The Labute approximate surface area is 157 Å². The van der Waals surface area contributed by atoms with Gasteiger partial charge < -0.3 is 5.32 Å². The van der Waals surface area contributed by atoms with Crippen LogP contribution in [-0.4, -0.2) is 16.3 Å². The van der Waals surface area contributed by atoms with E-state index < -0.39 is 11.7 Å². The predicted molar refractivity (Wildman–Crippen MR) is 96.2 cm³/mol. The van der Waals surface area contributed by atoms with E-state index in [1.54, 1.807) is 24.3 Å². The molecule has 1 aliphatic heterocycles. The van der Waals surface area contributed by atoms with Crippen LogP contribution in [-0.2, 0) is 12.6 Å². The first-order valence-corrected chi connectivity index (χ1v) is 8.59. The zero-order valence-corrected chi connectivity index (χ0v) is 14.8. The van der Waals surface area contributed by atoms with E-state index in [-0.39, 0.29) is 5.69 Å². The van der Waals surface area contributed by atoms with Crippen molar-refractivity contribution in [1.29, 1.82) is 0 Å². The van der Waals surface area contributed by atoms with Gasteiger partial charge in [-0.1, -0.05) is 35.3 Å². The fraction of sp³-hybridized carbons (Fsp3) is 0.167. The van der Waals surface area contributed by atoms with Crippen molar-refractivity contribution in [3.05, 3.63) is 63.6 Å². The summed E-state index contributed by atoms with van der Waals surface area (Å²) in [4.78, 5) is 0. The van der Waals surface area contributed by atoms with E-state index >= 15 is 0 Å². The Morgan fingerprint density at radius 3 is 2.62 bits per heavy atom. The Morgan fingerprint density at radius 1 is 1.08 bits per heavy atom. The molecular weight excluding hydrogens is 386 g/mol. The van der Waals surface area contributed by atoms with E-state index in [4.69, 9.17) is 23.2 Å². The van der Waals surface area contributed by atoms with Crippen LogP contribution >= 0.6 is 23.2 Å². The Morgan fingerprint density at radius 2 is 1.85 bits per heavy atom. The molecule has 0 saturated carbocycles. The third-order valence-corrected chi connectivity index (χ3v) is 4.84. The van der Waals surface area contributed by atoms with E-state index in [0.29, 0.717) is 40.1 Å². The summed E-state index contributed by atoms with van der Waals surface area (Å²) in [6, 6.07) is 10.3. The van der Waals surface area contributed by atoms with Crippen LogP contribution in [0.3, 0.4) is 0 Å². The molecule has 0 fully saturated rings. The minimum Gasteiger partial charge on any atom is -0.369 e. The quantitative estimate of drug-likeness (QED) is 0.589. The molecule has 2 aromatic carbocycles. The third kappa shape index (κ3) is 2.83. The Balaban J connectivity index is 1.96. The average molecular weight is 398 g/mol. The second-order valence-corrected chi connectivity index (χ2v) is 6.75. The maximum Gasteiger partial charge on any atom is 0.418 e. The molecule has 0 atom stereocenters. The minimum atomic E-state index is -4.48. The van der Waals surface area contributed by atoms with Gasteiger partial charge in [0, 0.05) is 22.7 Å². The number of aromatic nitrogens is 2. The molecule has 8 heteroatoms. The van der Waals surface area contributed by atoms with Crippen molar-refractivity contribution in [3.8, 4) is 16.9 Å². The highest BCUT2D eigenvalue weighted by atomic mass is 35.5. The zero-order valence-electron chi connectivity index (χ0n) is 13.2. The Bertz CT molecular complexity index is 996. The fourth-order valence-electron chi connectivity index (χ4n) is 3.14. The summed E-state index contributed by atoms with van der Waals surface area (Å²) in [7, 11) is 0. The number of benzene rings is 2. The highest BCUT2D eigenvalue weighted by Crippen LogP contribution is 2.41. The summed E-state index contributed by atoms with van der Waals surface area (Å²) in [5, 5.41) is 8.51. The molecule has 1 N–H and O–H groups in total. The summed E-state index contributed by atoms with van der Waals surface area (Å²) in [5.74, 6) is 0.549. The van der Waals surface area contributed by atoms with Gasteiger partial charge in [0.1, 0.15) is 5.82 Å². The minimum absolute atomic E-state index is 0.0324. The lowest BCUT2D eigenvalue weighted by Crippen LogP contribution is -2.13. The topological polar surface area (TPSA) is 29.9 Å². The molecule has 4 rings (SSSR count). The van der Waals surface area contributed by atoms with E-state index in [1.807, 2.05) is 0 Å². The lowest BCUT2D eigenvalue weighted by atomic mass is 10.1. The highest BCUT2D eigenvalue weighted by Gasteiger charge is 2.35. The van der Waals surface area contributed by atoms with Gasteiger partial charge in [0.15, 0.2) is 0 Å². The normalized spacial score (nSPS) is 13.6. The molecule has 3 nitrogen and oxygen atoms in total. The van der Waals surface area contributed by atoms with E-state index in [2.05, 4.69) is 10.4 Å². The molecule has 134 valence electrons. The van der Waals surface area contributed by atoms with E-state index in [0.717, 1.165) is 11.6 Å². The van der Waals surface area contributed by atoms with Crippen LogP contribution in [0.4, 0.5) is 19.0 Å². The van der Waals surface area contributed by atoms with Crippen molar-refractivity contribution in [3.63, 3.8) is 0 Å². The number of hydrogen-bond acceptors (Lipinski definition) is 2. The first kappa shape index (κ1) is 17.2. The first-order chi connectivity index (χ1) is 12.4. The molecule has 0 aliphatic carbocycles. The van der Waals surface area contributed by atoms with Crippen molar-refractivity contribution in [2.75, 3.05) is 11.9 Å². The van der Waals surface area contributed by atoms with Gasteiger partial charge in [0.05, 0.1) is 22.0 Å². The van der Waals surface area contributed by atoms with Crippen molar-refractivity contribution in [2.24, 2.45) is 0 Å². The molecule has 1 aliphatic rings. The third-order valence-electron chi connectivity index (χ3n) is 4.27. The van der Waals surface area contributed by atoms with Gasteiger partial charge in [0.25, 0.3) is 0 Å². The summed E-state index contributed by atoms with van der Waals surface area (Å²) >= 11 is 12.4. The van der Waals surface area contributed by atoms with Crippen molar-refractivity contribution >= 4 is 29.0 Å². The van der Waals surface area contributed by atoms with Gasteiger partial charge in [-0.05, 0) is 36.8 Å². The molecule has 0 radical (unpaired) electrons. The number of para-hydroxylation sites is 1. The Hall–Kier alpha value is -2.18. The smallest absolute Gasteiger partial charge is 0.369 e. The second-order valence-electron chi connectivity index (χ2n) is 5.90. The standard InChI is InChI=1S/C18H12Cl2F3N3/c19-10-5-6-14(20)12(9-10)16-11-7-8-24-17(11)26(25-16)15-4-2-1-3-13(15)18(21,22)23/h1-6,9,24H,7-8H2. The van der Waals surface area contributed by atoms with Gasteiger partial charge >= 0.3 is 6.18 Å². The van der Waals surface area contributed by atoms with E-state index in [1.165, 1.54) is 16.8 Å². The average Bonchev–Trinajstić information content (AvgIpc) is 3.19. The molecule has 2 heterocycles. The number of halogens is 5. The predicted octanol–water partition coefficient (Wildman–Crippen LogP) is 5.83. The Kier molecular flexibility index (Phi) is 4.12. The molecule has 26 heavy (non-hydrogen) atoms. The largest absolute Gasteiger partial charge is 0.418 e. The summed E-state index contributed by atoms with van der Waals surface area (Å²) in [5.41, 5.74) is 1.18. The highest BCUT2D eigenvalue weighted by molar-refractivity contribution is 6.35. The molecule has 0 bridgehead atoms. The zero-order chi connectivity index (χ0) is 18.5. The van der Waals surface area contributed by atoms with Gasteiger partial charge in [-0.2, -0.15) is 18.3 Å². The second kappa shape index (κ2) is 6.21. The van der Waals surface area contributed by atoms with Crippen LogP contribution < -0.4 is 5.32 Å². The maximum absolute atomic E-state index is 13.4. The number of nitrogens with zero attached hydrogens (tertiary/aromatic N) is 2. The summed E-state index contributed by atoms with van der Waals surface area (Å²) in [6.45, 7) is 0.618. The number of rotatable bonds is 2. The monoisotopic (exact) mass is 397 g/mol. The van der Waals surface area contributed by atoms with Crippen molar-refractivity contribution in [1.82, 2.24) is 9.78 Å². The van der Waals surface area contributed by atoms with Gasteiger partial charge in [-0.15, -0.1) is 0 Å². The van der Waals surface area contributed by atoms with Crippen LogP contribution in [0.1, 0.15) is 11.1 Å². The summed E-state index contributed by atoms with van der Waals surface area (Å²) < 4.78 is 41.6. The molecule has 0 unspecified atom stereocenters. The molecule has 0 spiro atoms. The molecule has 1 aromatic heterocycles. The molecule has 0 amide bonds. The van der Waals surface area contributed by atoms with E-state index in [9.17, 15) is 13.2 Å². The van der Waals surface area contributed by atoms with Crippen LogP contribution in [0.15, 0.2) is 42.5 Å². The molecule has 3 aromatic rings. The number of fused-ring (bicyclic) bond motifs is 1. The van der Waals surface area contributed by atoms with Crippen LogP contribution in [0.2, 0.25) is 10.0 Å². The first-order valence-electron chi connectivity index (χ1n) is 7.84. The summed E-state index contributed by atoms with van der Waals surface area (Å²) in [6.07, 6.45) is -3.84.